The highest BCUT2D eigenvalue weighted by Gasteiger charge is 2.46. The van der Waals surface area contributed by atoms with Crippen LogP contribution < -0.4 is 0 Å². The first-order chi connectivity index (χ1) is 12.9. The van der Waals surface area contributed by atoms with E-state index in [4.69, 9.17) is 4.74 Å². The summed E-state index contributed by atoms with van der Waals surface area (Å²) < 4.78 is 6.26. The predicted octanol–water partition coefficient (Wildman–Crippen LogP) is 1.72. The summed E-state index contributed by atoms with van der Waals surface area (Å²) in [6.07, 6.45) is 3.70. The van der Waals surface area contributed by atoms with Gasteiger partial charge < -0.3 is 19.8 Å². The summed E-state index contributed by atoms with van der Waals surface area (Å²) in [6, 6.07) is 8.27. The van der Waals surface area contributed by atoms with Crippen LogP contribution in [0.5, 0.6) is 0 Å². The number of hydrogen-bond donors (Lipinski definition) is 0. The normalized spacial score (nSPS) is 18.7. The van der Waals surface area contributed by atoms with E-state index in [2.05, 4.69) is 4.98 Å². The molecule has 1 aliphatic rings. The fourth-order valence-electron chi connectivity index (χ4n) is 3.47. The number of esters is 1. The van der Waals surface area contributed by atoms with Gasteiger partial charge in [0.25, 0.3) is 5.91 Å². The molecule has 2 atom stereocenters. The van der Waals surface area contributed by atoms with Crippen molar-refractivity contribution in [3.8, 4) is 0 Å². The van der Waals surface area contributed by atoms with Crippen LogP contribution in [0.3, 0.4) is 0 Å². The minimum Gasteiger partial charge on any atom is -0.467 e. The van der Waals surface area contributed by atoms with E-state index < -0.39 is 22.5 Å². The molecular weight excluding hydrogens is 352 g/mol. The van der Waals surface area contributed by atoms with Crippen molar-refractivity contribution in [2.75, 3.05) is 13.7 Å². The van der Waals surface area contributed by atoms with Gasteiger partial charge >= 0.3 is 11.8 Å². The van der Waals surface area contributed by atoms with Gasteiger partial charge in [0.05, 0.1) is 7.11 Å². The van der Waals surface area contributed by atoms with Gasteiger partial charge in [-0.3, -0.25) is 9.36 Å². The van der Waals surface area contributed by atoms with Crippen LogP contribution >= 0.6 is 0 Å². The monoisotopic (exact) mass is 372 g/mol. The van der Waals surface area contributed by atoms with Crippen LogP contribution in [0.4, 0.5) is 5.82 Å². The van der Waals surface area contributed by atoms with Gasteiger partial charge in [-0.25, -0.2) is 4.79 Å². The molecule has 0 bridgehead atoms. The largest absolute Gasteiger partial charge is 0.467 e. The third kappa shape index (κ3) is 3.16. The van der Waals surface area contributed by atoms with Crippen molar-refractivity contribution in [2.24, 2.45) is 0 Å². The lowest BCUT2D eigenvalue weighted by Gasteiger charge is -2.35. The zero-order valence-corrected chi connectivity index (χ0v) is 15.1. The lowest BCUT2D eigenvalue weighted by atomic mass is 9.89. The van der Waals surface area contributed by atoms with E-state index >= 15 is 0 Å². The molecule has 0 radical (unpaired) electrons. The number of imidazole rings is 1. The van der Waals surface area contributed by atoms with E-state index in [1.54, 1.807) is 31.2 Å². The number of hydrogen-bond acceptors (Lipinski definition) is 6. The number of benzene rings is 1. The third-order valence-corrected chi connectivity index (χ3v) is 5.01. The van der Waals surface area contributed by atoms with Gasteiger partial charge in [0.1, 0.15) is 17.8 Å². The first-order valence-electron chi connectivity index (χ1n) is 8.53. The van der Waals surface area contributed by atoms with Gasteiger partial charge in [0.15, 0.2) is 0 Å². The van der Waals surface area contributed by atoms with Crippen molar-refractivity contribution < 1.29 is 19.2 Å². The maximum atomic E-state index is 13.6. The Labute approximate surface area is 155 Å². The number of amides is 1. The molecule has 9 heteroatoms. The van der Waals surface area contributed by atoms with Crippen molar-refractivity contribution in [1.29, 1.82) is 0 Å². The number of methoxy groups -OCH3 is 1. The lowest BCUT2D eigenvalue weighted by Crippen LogP contribution is -2.52. The molecular formula is C18H20N4O5. The van der Waals surface area contributed by atoms with Gasteiger partial charge in [-0.2, -0.15) is 0 Å². The Hall–Kier alpha value is -3.23. The van der Waals surface area contributed by atoms with Crippen LogP contribution in [-0.2, 0) is 19.9 Å². The molecule has 2 aromatic rings. The Balaban J connectivity index is 2.08. The van der Waals surface area contributed by atoms with Gasteiger partial charge in [-0.1, -0.05) is 30.3 Å². The van der Waals surface area contributed by atoms with E-state index in [1.807, 2.05) is 6.07 Å². The van der Waals surface area contributed by atoms with E-state index in [-0.39, 0.29) is 11.7 Å². The Bertz CT molecular complexity index is 866. The zero-order chi connectivity index (χ0) is 19.6. The van der Waals surface area contributed by atoms with Gasteiger partial charge in [-0.15, -0.1) is 0 Å². The Morgan fingerprint density at radius 1 is 1.33 bits per heavy atom. The first-order valence-corrected chi connectivity index (χ1v) is 8.53. The molecule has 0 spiro atoms. The van der Waals surface area contributed by atoms with Crippen molar-refractivity contribution in [3.63, 3.8) is 0 Å². The molecule has 1 unspecified atom stereocenters. The Morgan fingerprint density at radius 2 is 2.04 bits per heavy atom. The number of nitrogens with zero attached hydrogens (tertiary/aromatic N) is 4. The van der Waals surface area contributed by atoms with Crippen LogP contribution in [0.15, 0.2) is 42.9 Å². The quantitative estimate of drug-likeness (QED) is 0.449. The number of rotatable bonds is 5. The molecule has 2 heterocycles. The van der Waals surface area contributed by atoms with Crippen molar-refractivity contribution in [3.05, 3.63) is 58.5 Å². The minimum atomic E-state index is -1.29. The average molecular weight is 372 g/mol. The van der Waals surface area contributed by atoms with E-state index in [1.165, 1.54) is 29.1 Å². The molecule has 3 rings (SSSR count). The number of nitro groups is 1. The maximum absolute atomic E-state index is 13.6. The highest BCUT2D eigenvalue weighted by atomic mass is 16.6. The van der Waals surface area contributed by atoms with E-state index in [0.717, 1.165) is 0 Å². The van der Waals surface area contributed by atoms with Gasteiger partial charge in [0, 0.05) is 6.54 Å². The topological polar surface area (TPSA) is 108 Å². The van der Waals surface area contributed by atoms with Crippen molar-refractivity contribution in [1.82, 2.24) is 14.5 Å². The fourth-order valence-corrected chi connectivity index (χ4v) is 3.47. The first kappa shape index (κ1) is 18.6. The minimum absolute atomic E-state index is 0.339. The van der Waals surface area contributed by atoms with Gasteiger partial charge in [-0.05, 0) is 35.2 Å². The summed E-state index contributed by atoms with van der Waals surface area (Å²) in [5.41, 5.74) is -0.656. The third-order valence-electron chi connectivity index (χ3n) is 5.01. The highest BCUT2D eigenvalue weighted by Crippen LogP contribution is 2.33. The second-order valence-electron chi connectivity index (χ2n) is 6.51. The molecule has 142 valence electrons. The second-order valence-corrected chi connectivity index (χ2v) is 6.51. The molecule has 9 nitrogen and oxygen atoms in total. The molecule has 1 saturated heterocycles. The average Bonchev–Trinajstić information content (AvgIpc) is 3.36. The molecule has 27 heavy (non-hydrogen) atoms. The fraction of sp³-hybridized carbons (Fsp3) is 0.389. The standard InChI is InChI=1S/C18H20N4O5/c1-18(13-7-4-3-5-8-13,20-11-15(19-12-20)22(25)26)17(24)21-10-6-9-14(21)16(23)27-2/h3-5,7-8,11-12,14H,6,9-10H2,1-2H3/t14-,18?/m0/s1. The second kappa shape index (κ2) is 7.18. The van der Waals surface area contributed by atoms with Gasteiger partial charge in [0.2, 0.25) is 6.33 Å². The molecule has 0 aliphatic carbocycles. The molecule has 1 aromatic carbocycles. The summed E-state index contributed by atoms with van der Waals surface area (Å²) in [6.45, 7) is 2.08. The Kier molecular flexibility index (Phi) is 4.93. The summed E-state index contributed by atoms with van der Waals surface area (Å²) in [4.78, 5) is 41.4. The summed E-state index contributed by atoms with van der Waals surface area (Å²) >= 11 is 0. The van der Waals surface area contributed by atoms with E-state index in [0.29, 0.717) is 24.9 Å². The molecule has 1 amide bonds. The molecule has 0 N–H and O–H groups in total. The zero-order valence-electron chi connectivity index (χ0n) is 15.1. The number of ether oxygens (including phenoxy) is 1. The van der Waals surface area contributed by atoms with Crippen LogP contribution in [0.2, 0.25) is 0 Å². The molecule has 1 aliphatic heterocycles. The van der Waals surface area contributed by atoms with Crippen molar-refractivity contribution in [2.45, 2.75) is 31.3 Å². The summed E-state index contributed by atoms with van der Waals surface area (Å²) in [5.74, 6) is -1.15. The number of aromatic nitrogens is 2. The Morgan fingerprint density at radius 3 is 2.63 bits per heavy atom. The van der Waals surface area contributed by atoms with Crippen LogP contribution in [0.25, 0.3) is 0 Å². The molecule has 0 saturated carbocycles. The number of likely N-dealkylation sites (tertiary alicyclic amines) is 1. The maximum Gasteiger partial charge on any atom is 0.381 e. The SMILES string of the molecule is COC(=O)[C@@H]1CCCN1C(=O)C(C)(c1ccccc1)n1cnc([N+](=O)[O-])c1. The lowest BCUT2D eigenvalue weighted by molar-refractivity contribution is -0.389. The smallest absolute Gasteiger partial charge is 0.381 e. The van der Waals surface area contributed by atoms with Crippen LogP contribution in [-0.4, -0.2) is 50.9 Å². The predicted molar refractivity (Wildman–Crippen MR) is 94.8 cm³/mol. The van der Waals surface area contributed by atoms with Crippen LogP contribution in [0, 0.1) is 10.1 Å². The number of carbonyl (C=O) groups is 2. The summed E-state index contributed by atoms with van der Waals surface area (Å²) in [5, 5.41) is 11.1. The molecule has 1 fully saturated rings. The summed E-state index contributed by atoms with van der Waals surface area (Å²) in [7, 11) is 1.29. The number of carbonyl (C=O) groups excluding carboxylic acids is 2. The van der Waals surface area contributed by atoms with Crippen LogP contribution in [0.1, 0.15) is 25.3 Å². The molecule has 1 aromatic heterocycles. The van der Waals surface area contributed by atoms with E-state index in [9.17, 15) is 19.7 Å². The highest BCUT2D eigenvalue weighted by molar-refractivity contribution is 5.92. The van der Waals surface area contributed by atoms with Crippen molar-refractivity contribution >= 4 is 17.7 Å².